The lowest BCUT2D eigenvalue weighted by molar-refractivity contribution is 0.0973. The zero-order chi connectivity index (χ0) is 14.6. The van der Waals surface area contributed by atoms with E-state index in [1.807, 2.05) is 36.4 Å². The molecule has 21 heavy (non-hydrogen) atoms. The maximum atomic E-state index is 12.7. The monoisotopic (exact) mass is 279 g/mol. The predicted molar refractivity (Wildman–Crippen MR) is 80.2 cm³/mol. The number of carbonyl (C=O) groups excluding carboxylic acids is 1. The van der Waals surface area contributed by atoms with Gasteiger partial charge in [-0.2, -0.15) is 0 Å². The normalized spacial score (nSPS) is 12.4. The SMILES string of the molecule is COc1ccc2c(c1)C(=O)n1c-2cc2cc(OC)ccc21. The summed E-state index contributed by atoms with van der Waals surface area (Å²) in [5.41, 5.74) is 3.44. The Hall–Kier alpha value is -2.75. The highest BCUT2D eigenvalue weighted by Gasteiger charge is 2.28. The van der Waals surface area contributed by atoms with Crippen molar-refractivity contribution in [1.29, 1.82) is 0 Å². The summed E-state index contributed by atoms with van der Waals surface area (Å²) in [5.74, 6) is 1.46. The van der Waals surface area contributed by atoms with E-state index in [2.05, 4.69) is 0 Å². The smallest absolute Gasteiger partial charge is 0.263 e. The Morgan fingerprint density at radius 3 is 2.33 bits per heavy atom. The fraction of sp³-hybridized carbons (Fsp3) is 0.118. The Kier molecular flexibility index (Phi) is 2.36. The molecule has 2 heterocycles. The second-order valence-corrected chi connectivity index (χ2v) is 5.01. The van der Waals surface area contributed by atoms with Crippen molar-refractivity contribution >= 4 is 16.8 Å². The molecule has 0 saturated heterocycles. The van der Waals surface area contributed by atoms with Gasteiger partial charge in [-0.3, -0.25) is 9.36 Å². The van der Waals surface area contributed by atoms with Crippen molar-refractivity contribution in [2.24, 2.45) is 0 Å². The number of benzene rings is 2. The minimum atomic E-state index is -0.0148. The standard InChI is InChI=1S/C17H13NO3/c1-20-11-4-6-15-10(7-11)8-16-13-5-3-12(21-2)9-14(13)17(19)18(15)16/h3-9H,1-2H3. The summed E-state index contributed by atoms with van der Waals surface area (Å²) in [5, 5.41) is 0.999. The number of rotatable bonds is 2. The summed E-state index contributed by atoms with van der Waals surface area (Å²) in [4.78, 5) is 12.7. The van der Waals surface area contributed by atoms with E-state index in [-0.39, 0.29) is 5.91 Å². The third kappa shape index (κ3) is 1.53. The maximum Gasteiger partial charge on any atom is 0.263 e. The van der Waals surface area contributed by atoms with Gasteiger partial charge in [-0.05, 0) is 42.5 Å². The molecule has 0 spiro atoms. The lowest BCUT2D eigenvalue weighted by atomic mass is 10.1. The van der Waals surface area contributed by atoms with Crippen LogP contribution in [0.3, 0.4) is 0 Å². The molecule has 3 aromatic rings. The van der Waals surface area contributed by atoms with Gasteiger partial charge in [-0.15, -0.1) is 0 Å². The van der Waals surface area contributed by atoms with Gasteiger partial charge in [0.15, 0.2) is 0 Å². The molecular formula is C17H13NO3. The van der Waals surface area contributed by atoms with Gasteiger partial charge in [0.2, 0.25) is 0 Å². The Morgan fingerprint density at radius 1 is 0.857 bits per heavy atom. The van der Waals surface area contributed by atoms with Crippen molar-refractivity contribution in [3.05, 3.63) is 48.0 Å². The molecule has 0 amide bonds. The van der Waals surface area contributed by atoms with Crippen LogP contribution in [0.2, 0.25) is 0 Å². The van der Waals surface area contributed by atoms with Crippen LogP contribution in [0, 0.1) is 0 Å². The van der Waals surface area contributed by atoms with E-state index in [9.17, 15) is 4.79 Å². The van der Waals surface area contributed by atoms with E-state index < -0.39 is 0 Å². The summed E-state index contributed by atoms with van der Waals surface area (Å²) in [6, 6.07) is 13.3. The first-order chi connectivity index (χ1) is 10.2. The highest BCUT2D eigenvalue weighted by molar-refractivity contribution is 6.14. The Balaban J connectivity index is 1.99. The van der Waals surface area contributed by atoms with E-state index in [1.165, 1.54) is 0 Å². The molecule has 0 fully saturated rings. The van der Waals surface area contributed by atoms with Gasteiger partial charge in [0.1, 0.15) is 11.5 Å². The van der Waals surface area contributed by atoms with Gasteiger partial charge in [0, 0.05) is 10.9 Å². The molecule has 0 unspecified atom stereocenters. The number of fused-ring (bicyclic) bond motifs is 5. The van der Waals surface area contributed by atoms with E-state index >= 15 is 0 Å². The Labute approximate surface area is 121 Å². The van der Waals surface area contributed by atoms with E-state index in [1.54, 1.807) is 24.9 Å². The van der Waals surface area contributed by atoms with Crippen molar-refractivity contribution in [3.8, 4) is 22.8 Å². The van der Waals surface area contributed by atoms with Gasteiger partial charge >= 0.3 is 0 Å². The quantitative estimate of drug-likeness (QED) is 0.565. The van der Waals surface area contributed by atoms with Crippen LogP contribution in [0.15, 0.2) is 42.5 Å². The number of hydrogen-bond acceptors (Lipinski definition) is 3. The van der Waals surface area contributed by atoms with Gasteiger partial charge in [0.05, 0.1) is 31.0 Å². The molecule has 104 valence electrons. The highest BCUT2D eigenvalue weighted by Crippen LogP contribution is 2.39. The molecule has 2 aromatic carbocycles. The molecule has 4 nitrogen and oxygen atoms in total. The van der Waals surface area contributed by atoms with Crippen molar-refractivity contribution < 1.29 is 14.3 Å². The lowest BCUT2D eigenvalue weighted by Gasteiger charge is -2.03. The Morgan fingerprint density at radius 2 is 1.57 bits per heavy atom. The van der Waals surface area contributed by atoms with Crippen molar-refractivity contribution in [1.82, 2.24) is 4.57 Å². The molecule has 0 N–H and O–H groups in total. The molecule has 1 aromatic heterocycles. The summed E-state index contributed by atoms with van der Waals surface area (Å²) < 4.78 is 12.2. The van der Waals surface area contributed by atoms with Gasteiger partial charge < -0.3 is 9.47 Å². The molecule has 1 aliphatic rings. The summed E-state index contributed by atoms with van der Waals surface area (Å²) in [6.45, 7) is 0. The van der Waals surface area contributed by atoms with Crippen LogP contribution in [-0.2, 0) is 0 Å². The van der Waals surface area contributed by atoms with Crippen LogP contribution in [0.5, 0.6) is 11.5 Å². The zero-order valence-electron chi connectivity index (χ0n) is 11.7. The molecule has 0 radical (unpaired) electrons. The molecular weight excluding hydrogens is 266 g/mol. The first-order valence-corrected chi connectivity index (χ1v) is 6.65. The summed E-state index contributed by atoms with van der Waals surface area (Å²) in [6.07, 6.45) is 0. The van der Waals surface area contributed by atoms with Crippen LogP contribution in [0.25, 0.3) is 22.2 Å². The number of ether oxygens (including phenoxy) is 2. The summed E-state index contributed by atoms with van der Waals surface area (Å²) >= 11 is 0. The first kappa shape index (κ1) is 12.0. The molecule has 0 atom stereocenters. The number of nitrogens with zero attached hydrogens (tertiary/aromatic N) is 1. The maximum absolute atomic E-state index is 12.7. The van der Waals surface area contributed by atoms with Crippen molar-refractivity contribution in [2.45, 2.75) is 0 Å². The number of aromatic nitrogens is 1. The predicted octanol–water partition coefficient (Wildman–Crippen LogP) is 3.33. The summed E-state index contributed by atoms with van der Waals surface area (Å²) in [7, 11) is 3.24. The fourth-order valence-electron chi connectivity index (χ4n) is 2.91. The van der Waals surface area contributed by atoms with Gasteiger partial charge in [0.25, 0.3) is 5.91 Å². The highest BCUT2D eigenvalue weighted by atomic mass is 16.5. The number of hydrogen-bond donors (Lipinski definition) is 0. The molecule has 0 bridgehead atoms. The topological polar surface area (TPSA) is 40.5 Å². The van der Waals surface area contributed by atoms with Crippen LogP contribution in [0.4, 0.5) is 0 Å². The minimum absolute atomic E-state index is 0.0148. The number of methoxy groups -OCH3 is 2. The van der Waals surface area contributed by atoms with Crippen LogP contribution in [0.1, 0.15) is 10.4 Å². The van der Waals surface area contributed by atoms with Gasteiger partial charge in [-0.25, -0.2) is 0 Å². The lowest BCUT2D eigenvalue weighted by Crippen LogP contribution is -2.05. The zero-order valence-corrected chi connectivity index (χ0v) is 11.7. The molecule has 4 heteroatoms. The molecule has 0 saturated carbocycles. The van der Waals surface area contributed by atoms with Crippen molar-refractivity contribution in [3.63, 3.8) is 0 Å². The van der Waals surface area contributed by atoms with Gasteiger partial charge in [-0.1, -0.05) is 0 Å². The number of carbonyl (C=O) groups is 1. The van der Waals surface area contributed by atoms with Crippen LogP contribution in [-0.4, -0.2) is 24.7 Å². The Bertz CT molecular complexity index is 892. The second-order valence-electron chi connectivity index (χ2n) is 5.01. The average molecular weight is 279 g/mol. The minimum Gasteiger partial charge on any atom is -0.497 e. The fourth-order valence-corrected chi connectivity index (χ4v) is 2.91. The molecule has 1 aliphatic heterocycles. The van der Waals surface area contributed by atoms with E-state index in [0.29, 0.717) is 11.3 Å². The molecule has 0 aliphatic carbocycles. The first-order valence-electron chi connectivity index (χ1n) is 6.65. The second kappa shape index (κ2) is 4.12. The van der Waals surface area contributed by atoms with Crippen molar-refractivity contribution in [2.75, 3.05) is 14.2 Å². The third-order valence-electron chi connectivity index (χ3n) is 3.94. The average Bonchev–Trinajstić information content (AvgIpc) is 3.02. The van der Waals surface area contributed by atoms with Crippen LogP contribution >= 0.6 is 0 Å². The van der Waals surface area contributed by atoms with E-state index in [4.69, 9.17) is 9.47 Å². The van der Waals surface area contributed by atoms with Crippen LogP contribution < -0.4 is 9.47 Å². The largest absolute Gasteiger partial charge is 0.497 e. The third-order valence-corrected chi connectivity index (χ3v) is 3.94. The molecule has 4 rings (SSSR count). The van der Waals surface area contributed by atoms with E-state index in [0.717, 1.165) is 27.9 Å².